The van der Waals surface area contributed by atoms with Crippen molar-refractivity contribution in [2.45, 2.75) is 65.2 Å². The molecule has 160 valence electrons. The molecule has 0 radical (unpaired) electrons. The maximum atomic E-state index is 14.0. The molecule has 0 saturated heterocycles. The first-order chi connectivity index (χ1) is 14.5. The molecule has 1 fully saturated rings. The Balaban J connectivity index is 1.72. The van der Waals surface area contributed by atoms with E-state index in [1.165, 1.54) is 11.1 Å². The molecule has 1 aromatic heterocycles. The van der Waals surface area contributed by atoms with Crippen LogP contribution < -0.4 is 5.32 Å². The summed E-state index contributed by atoms with van der Waals surface area (Å²) in [5, 5.41) is 3.85. The molecule has 2 bridgehead atoms. The van der Waals surface area contributed by atoms with E-state index in [1.54, 1.807) is 0 Å². The van der Waals surface area contributed by atoms with E-state index in [9.17, 15) is 4.79 Å². The number of carbonyl (C=O) groups is 1. The summed E-state index contributed by atoms with van der Waals surface area (Å²) in [5.41, 5.74) is 6.37. The van der Waals surface area contributed by atoms with Gasteiger partial charge in [0.05, 0.1) is 27.8 Å². The molecule has 1 N–H and O–H groups in total. The van der Waals surface area contributed by atoms with Crippen LogP contribution in [0.5, 0.6) is 0 Å². The van der Waals surface area contributed by atoms with Crippen molar-refractivity contribution < 1.29 is 4.79 Å². The number of hydrogen-bond donors (Lipinski definition) is 1. The largest absolute Gasteiger partial charge is 0.325 e. The van der Waals surface area contributed by atoms with Crippen molar-refractivity contribution in [3.63, 3.8) is 0 Å². The van der Waals surface area contributed by atoms with Crippen molar-refractivity contribution in [2.75, 3.05) is 5.32 Å². The average Bonchev–Trinajstić information content (AvgIpc) is 3.00. The van der Waals surface area contributed by atoms with E-state index in [1.807, 2.05) is 25.1 Å². The number of halogens is 1. The van der Waals surface area contributed by atoms with Gasteiger partial charge in [-0.05, 0) is 80.0 Å². The Morgan fingerprint density at radius 2 is 1.58 bits per heavy atom. The Morgan fingerprint density at radius 3 is 2.23 bits per heavy atom. The van der Waals surface area contributed by atoms with Crippen LogP contribution >= 0.6 is 11.6 Å². The fourth-order valence-corrected chi connectivity index (χ4v) is 6.01. The van der Waals surface area contributed by atoms with E-state index in [2.05, 4.69) is 52.1 Å². The van der Waals surface area contributed by atoms with E-state index in [-0.39, 0.29) is 16.7 Å². The zero-order valence-electron chi connectivity index (χ0n) is 19.0. The highest BCUT2D eigenvalue weighted by Crippen LogP contribution is 2.70. The first-order valence-electron chi connectivity index (χ1n) is 10.9. The molecule has 1 amide bonds. The molecule has 4 nitrogen and oxygen atoms in total. The molecular weight excluding hydrogens is 406 g/mol. The van der Waals surface area contributed by atoms with Crippen LogP contribution in [0, 0.1) is 26.2 Å². The normalized spacial score (nSPS) is 25.6. The highest BCUT2D eigenvalue weighted by molar-refractivity contribution is 6.31. The fourth-order valence-electron chi connectivity index (χ4n) is 5.83. The van der Waals surface area contributed by atoms with Gasteiger partial charge in [0.15, 0.2) is 0 Å². The fraction of sp³-hybridized carbons (Fsp3) is 0.423. The third-order valence-corrected chi connectivity index (χ3v) is 8.97. The highest BCUT2D eigenvalue weighted by Gasteiger charge is 2.73. The topological polar surface area (TPSA) is 54.9 Å². The van der Waals surface area contributed by atoms with Crippen molar-refractivity contribution in [1.82, 2.24) is 9.97 Å². The van der Waals surface area contributed by atoms with Crippen LogP contribution in [0.2, 0.25) is 5.02 Å². The lowest BCUT2D eigenvalue weighted by atomic mass is 9.63. The number of anilines is 1. The number of amides is 1. The predicted octanol–water partition coefficient (Wildman–Crippen LogP) is 6.18. The van der Waals surface area contributed by atoms with E-state index in [0.717, 1.165) is 46.5 Å². The molecule has 2 aromatic carbocycles. The Morgan fingerprint density at radius 1 is 0.968 bits per heavy atom. The first kappa shape index (κ1) is 20.4. The van der Waals surface area contributed by atoms with Crippen LogP contribution in [-0.4, -0.2) is 15.9 Å². The third kappa shape index (κ3) is 2.40. The third-order valence-electron chi connectivity index (χ3n) is 8.56. The lowest BCUT2D eigenvalue weighted by molar-refractivity contribution is -0.125. The first-order valence-corrected chi connectivity index (χ1v) is 11.3. The zero-order valence-corrected chi connectivity index (χ0v) is 19.7. The van der Waals surface area contributed by atoms with Crippen molar-refractivity contribution in [3.8, 4) is 0 Å². The molecule has 0 aliphatic heterocycles. The van der Waals surface area contributed by atoms with Gasteiger partial charge in [0, 0.05) is 16.1 Å². The minimum atomic E-state index is -0.730. The number of aryl methyl sites for hydroxylation is 2. The summed E-state index contributed by atoms with van der Waals surface area (Å²) in [6, 6.07) is 9.82. The van der Waals surface area contributed by atoms with E-state index >= 15 is 0 Å². The maximum absolute atomic E-state index is 14.0. The van der Waals surface area contributed by atoms with Crippen molar-refractivity contribution in [3.05, 3.63) is 63.4 Å². The molecule has 5 heteroatoms. The molecule has 1 heterocycles. The minimum absolute atomic E-state index is 0.0113. The van der Waals surface area contributed by atoms with Gasteiger partial charge in [0.1, 0.15) is 0 Å². The molecular formula is C26H28ClN3O. The zero-order chi connectivity index (χ0) is 22.3. The van der Waals surface area contributed by atoms with Gasteiger partial charge in [-0.2, -0.15) is 0 Å². The van der Waals surface area contributed by atoms with Gasteiger partial charge in [-0.3, -0.25) is 4.79 Å². The lowest BCUT2D eigenvalue weighted by Crippen LogP contribution is -2.48. The molecule has 31 heavy (non-hydrogen) atoms. The van der Waals surface area contributed by atoms with Crippen LogP contribution in [0.3, 0.4) is 0 Å². The SMILES string of the molecule is Cc1cc2nc3c(nc2cc1C)C1(C(=O)Nc2cccc(Cl)c2C)CCC3(C)C1(C)C. The van der Waals surface area contributed by atoms with E-state index < -0.39 is 5.41 Å². The number of rotatable bonds is 2. The van der Waals surface area contributed by atoms with Crippen molar-refractivity contribution in [1.29, 1.82) is 0 Å². The van der Waals surface area contributed by atoms with Crippen LogP contribution in [0.1, 0.15) is 61.7 Å². The number of fused-ring (bicyclic) bond motifs is 6. The Bertz CT molecular complexity index is 1280. The summed E-state index contributed by atoms with van der Waals surface area (Å²) >= 11 is 6.31. The second-order valence-electron chi connectivity index (χ2n) is 10.1. The summed E-state index contributed by atoms with van der Waals surface area (Å²) in [4.78, 5) is 24.2. The Labute approximate surface area is 188 Å². The summed E-state index contributed by atoms with van der Waals surface area (Å²) in [6.45, 7) is 12.8. The Hall–Kier alpha value is -2.46. The van der Waals surface area contributed by atoms with Gasteiger partial charge in [-0.15, -0.1) is 0 Å². The lowest BCUT2D eigenvalue weighted by Gasteiger charge is -2.39. The number of hydrogen-bond acceptors (Lipinski definition) is 3. The molecule has 3 aromatic rings. The van der Waals surface area contributed by atoms with Gasteiger partial charge in [-0.25, -0.2) is 9.97 Å². The summed E-state index contributed by atoms with van der Waals surface area (Å²) in [7, 11) is 0. The number of nitrogens with one attached hydrogen (secondary N) is 1. The van der Waals surface area contributed by atoms with Crippen molar-refractivity contribution >= 4 is 34.2 Å². The predicted molar refractivity (Wildman–Crippen MR) is 126 cm³/mol. The molecule has 2 atom stereocenters. The van der Waals surface area contributed by atoms with Gasteiger partial charge in [-0.1, -0.05) is 38.4 Å². The smallest absolute Gasteiger partial charge is 0.237 e. The summed E-state index contributed by atoms with van der Waals surface area (Å²) < 4.78 is 0. The molecule has 2 aliphatic carbocycles. The molecule has 2 unspecified atom stereocenters. The Kier molecular flexibility index (Phi) is 4.15. The molecule has 5 rings (SSSR count). The van der Waals surface area contributed by atoms with E-state index in [0.29, 0.717) is 5.02 Å². The van der Waals surface area contributed by atoms with Crippen LogP contribution in [0.4, 0.5) is 5.69 Å². The molecule has 2 aliphatic rings. The van der Waals surface area contributed by atoms with Gasteiger partial charge in [0.25, 0.3) is 0 Å². The molecule has 0 spiro atoms. The second-order valence-corrected chi connectivity index (χ2v) is 10.5. The van der Waals surface area contributed by atoms with Crippen LogP contribution in [0.25, 0.3) is 11.0 Å². The quantitative estimate of drug-likeness (QED) is 0.525. The minimum Gasteiger partial charge on any atom is -0.325 e. The number of carbonyl (C=O) groups excluding carboxylic acids is 1. The summed E-state index contributed by atoms with van der Waals surface area (Å²) in [6.07, 6.45) is 1.68. The number of benzene rings is 2. The monoisotopic (exact) mass is 433 g/mol. The van der Waals surface area contributed by atoms with Gasteiger partial charge in [0.2, 0.25) is 5.91 Å². The number of aromatic nitrogens is 2. The summed E-state index contributed by atoms with van der Waals surface area (Å²) in [5.74, 6) is -0.0113. The molecule has 1 saturated carbocycles. The highest BCUT2D eigenvalue weighted by atomic mass is 35.5. The van der Waals surface area contributed by atoms with Crippen LogP contribution in [0.15, 0.2) is 30.3 Å². The average molecular weight is 434 g/mol. The van der Waals surface area contributed by atoms with Gasteiger partial charge >= 0.3 is 0 Å². The van der Waals surface area contributed by atoms with Crippen LogP contribution in [-0.2, 0) is 15.6 Å². The maximum Gasteiger partial charge on any atom is 0.237 e. The van der Waals surface area contributed by atoms with Gasteiger partial charge < -0.3 is 5.32 Å². The standard InChI is InChI=1S/C26H28ClN3O/c1-14-12-19-20(13-15(14)2)29-22-21(28-19)25(6)10-11-26(22,24(25,4)5)23(31)30-18-9-7-8-17(27)16(18)3/h7-9,12-13H,10-11H2,1-6H3,(H,30,31). The number of nitrogens with zero attached hydrogens (tertiary/aromatic N) is 2. The van der Waals surface area contributed by atoms with E-state index in [4.69, 9.17) is 21.6 Å². The van der Waals surface area contributed by atoms with Crippen molar-refractivity contribution in [2.24, 2.45) is 5.41 Å². The second kappa shape index (κ2) is 6.29.